The molecule has 2 aromatic rings. The summed E-state index contributed by atoms with van der Waals surface area (Å²) in [6.07, 6.45) is 1.37. The van der Waals surface area contributed by atoms with Gasteiger partial charge in [0.15, 0.2) is 0 Å². The van der Waals surface area contributed by atoms with Crippen LogP contribution in [-0.4, -0.2) is 49.9 Å². The molecule has 10 heteroatoms. The van der Waals surface area contributed by atoms with Gasteiger partial charge in [0.2, 0.25) is 10.0 Å². The highest BCUT2D eigenvalue weighted by Crippen LogP contribution is 2.35. The molecular formula is C22H28N4O5S. The number of hydrogen-bond donors (Lipinski definition) is 2. The number of nitrogens with one attached hydrogen (secondary N) is 2. The lowest BCUT2D eigenvalue weighted by Gasteiger charge is -2.42. The van der Waals surface area contributed by atoms with E-state index in [1.54, 1.807) is 53.8 Å². The number of carbonyl (C=O) groups excluding carboxylic acids is 1. The summed E-state index contributed by atoms with van der Waals surface area (Å²) in [4.78, 5) is 27.6. The Morgan fingerprint density at radius 3 is 2.56 bits per heavy atom. The van der Waals surface area contributed by atoms with E-state index in [1.165, 1.54) is 6.07 Å². The zero-order valence-electron chi connectivity index (χ0n) is 18.2. The summed E-state index contributed by atoms with van der Waals surface area (Å²) in [6.45, 7) is 3.27. The largest absolute Gasteiger partial charge is 0.497 e. The maximum absolute atomic E-state index is 13.0. The van der Waals surface area contributed by atoms with Crippen LogP contribution in [0.4, 0.5) is 16.2 Å². The van der Waals surface area contributed by atoms with E-state index in [2.05, 4.69) is 10.0 Å². The first-order valence-electron chi connectivity index (χ1n) is 10.7. The molecule has 172 valence electrons. The second kappa shape index (κ2) is 8.85. The number of sulfonamides is 1. The van der Waals surface area contributed by atoms with Crippen molar-refractivity contribution in [3.8, 4) is 5.75 Å². The maximum Gasteiger partial charge on any atom is 0.321 e. The summed E-state index contributed by atoms with van der Waals surface area (Å²) < 4.78 is 33.4. The number of rotatable bonds is 6. The number of likely N-dealkylation sites (tertiary alicyclic amines) is 1. The Balaban J connectivity index is 1.50. The van der Waals surface area contributed by atoms with E-state index in [-0.39, 0.29) is 34.9 Å². The predicted octanol–water partition coefficient (Wildman–Crippen LogP) is 2.66. The number of benzene rings is 1. The van der Waals surface area contributed by atoms with Gasteiger partial charge < -0.3 is 19.5 Å². The minimum absolute atomic E-state index is 0.0260. The van der Waals surface area contributed by atoms with Gasteiger partial charge in [-0.2, -0.15) is 0 Å². The smallest absolute Gasteiger partial charge is 0.321 e. The topological polar surface area (TPSA) is 110 Å². The fourth-order valence-electron chi connectivity index (χ4n) is 4.55. The molecule has 2 atom stereocenters. The number of aromatic nitrogens is 1. The standard InChI is InChI=1S/C22H28N4O5S/c1-3-10-32(29,30)24-19-8-9-20-16-11-15(13-26(20)21(19)27)12-25(14-16)22(28)23-17-4-6-18(31-2)7-5-17/h4-9,15-16,24H,3,10-14H2,1-2H3,(H,23,28)/t15-,16+/m0/s1. The van der Waals surface area contributed by atoms with E-state index in [9.17, 15) is 18.0 Å². The van der Waals surface area contributed by atoms with Crippen molar-refractivity contribution in [2.24, 2.45) is 5.92 Å². The van der Waals surface area contributed by atoms with Crippen LogP contribution in [0.1, 0.15) is 31.4 Å². The molecule has 1 saturated heterocycles. The summed E-state index contributed by atoms with van der Waals surface area (Å²) >= 11 is 0. The van der Waals surface area contributed by atoms with E-state index in [1.807, 2.05) is 0 Å². The summed E-state index contributed by atoms with van der Waals surface area (Å²) in [5, 5.41) is 2.92. The van der Waals surface area contributed by atoms with E-state index in [0.29, 0.717) is 37.5 Å². The quantitative estimate of drug-likeness (QED) is 0.689. The molecule has 32 heavy (non-hydrogen) atoms. The van der Waals surface area contributed by atoms with Crippen molar-refractivity contribution in [2.75, 3.05) is 36.0 Å². The molecule has 1 fully saturated rings. The van der Waals surface area contributed by atoms with Crippen molar-refractivity contribution in [1.82, 2.24) is 9.47 Å². The van der Waals surface area contributed by atoms with Crippen molar-refractivity contribution >= 4 is 27.4 Å². The van der Waals surface area contributed by atoms with Gasteiger partial charge in [-0.05, 0) is 55.2 Å². The Morgan fingerprint density at radius 2 is 1.88 bits per heavy atom. The third kappa shape index (κ3) is 4.59. The highest BCUT2D eigenvalue weighted by molar-refractivity contribution is 7.92. The average molecular weight is 461 g/mol. The molecule has 0 radical (unpaired) electrons. The maximum atomic E-state index is 13.0. The molecule has 0 spiro atoms. The van der Waals surface area contributed by atoms with Gasteiger partial charge in [-0.15, -0.1) is 0 Å². The van der Waals surface area contributed by atoms with Gasteiger partial charge in [0.25, 0.3) is 5.56 Å². The molecule has 2 aliphatic rings. The number of nitrogens with zero attached hydrogens (tertiary/aromatic N) is 2. The fourth-order valence-corrected chi connectivity index (χ4v) is 5.68. The zero-order chi connectivity index (χ0) is 22.9. The molecule has 4 rings (SSSR count). The Morgan fingerprint density at radius 1 is 1.12 bits per heavy atom. The van der Waals surface area contributed by atoms with E-state index in [4.69, 9.17) is 4.74 Å². The number of amides is 2. The fraction of sp³-hybridized carbons (Fsp3) is 0.455. The molecular weight excluding hydrogens is 432 g/mol. The monoisotopic (exact) mass is 460 g/mol. The van der Waals surface area contributed by atoms with Gasteiger partial charge in [-0.1, -0.05) is 6.92 Å². The van der Waals surface area contributed by atoms with E-state index < -0.39 is 10.0 Å². The van der Waals surface area contributed by atoms with Gasteiger partial charge in [0.1, 0.15) is 11.4 Å². The molecule has 2 bridgehead atoms. The summed E-state index contributed by atoms with van der Waals surface area (Å²) in [7, 11) is -1.95. The van der Waals surface area contributed by atoms with Crippen LogP contribution in [0.5, 0.6) is 5.75 Å². The third-order valence-corrected chi connectivity index (χ3v) is 7.45. The van der Waals surface area contributed by atoms with E-state index >= 15 is 0 Å². The number of methoxy groups -OCH3 is 1. The van der Waals surface area contributed by atoms with Crippen LogP contribution in [-0.2, 0) is 16.6 Å². The minimum Gasteiger partial charge on any atom is -0.497 e. The van der Waals surface area contributed by atoms with Crippen molar-refractivity contribution in [2.45, 2.75) is 32.2 Å². The molecule has 2 N–H and O–H groups in total. The highest BCUT2D eigenvalue weighted by atomic mass is 32.2. The number of ether oxygens (including phenoxy) is 1. The van der Waals surface area contributed by atoms with Crippen LogP contribution in [0.3, 0.4) is 0 Å². The number of fused-ring (bicyclic) bond motifs is 4. The Kier molecular flexibility index (Phi) is 6.14. The first-order chi connectivity index (χ1) is 15.3. The highest BCUT2D eigenvalue weighted by Gasteiger charge is 2.37. The molecule has 2 amide bonds. The van der Waals surface area contributed by atoms with Gasteiger partial charge in [-0.3, -0.25) is 9.52 Å². The van der Waals surface area contributed by atoms with Gasteiger partial charge in [0.05, 0.1) is 12.9 Å². The molecule has 1 aromatic heterocycles. The van der Waals surface area contributed by atoms with Crippen LogP contribution in [0.2, 0.25) is 0 Å². The number of pyridine rings is 1. The number of urea groups is 1. The first kappa shape index (κ1) is 22.2. The van der Waals surface area contributed by atoms with E-state index in [0.717, 1.165) is 12.1 Å². The third-order valence-electron chi connectivity index (χ3n) is 5.97. The van der Waals surface area contributed by atoms with Crippen molar-refractivity contribution < 1.29 is 17.9 Å². The van der Waals surface area contributed by atoms with Crippen molar-refractivity contribution in [1.29, 1.82) is 0 Å². The predicted molar refractivity (Wildman–Crippen MR) is 123 cm³/mol. The molecule has 0 saturated carbocycles. The molecule has 2 aliphatic heterocycles. The second-order valence-corrected chi connectivity index (χ2v) is 10.2. The van der Waals surface area contributed by atoms with Gasteiger partial charge in [0, 0.05) is 36.9 Å². The van der Waals surface area contributed by atoms with Crippen LogP contribution in [0.25, 0.3) is 0 Å². The van der Waals surface area contributed by atoms with Crippen LogP contribution < -0.4 is 20.3 Å². The number of anilines is 2. The summed E-state index contributed by atoms with van der Waals surface area (Å²) in [5.41, 5.74) is 1.28. The molecule has 9 nitrogen and oxygen atoms in total. The Labute approximate surface area is 187 Å². The van der Waals surface area contributed by atoms with Crippen LogP contribution in [0, 0.1) is 5.92 Å². The van der Waals surface area contributed by atoms with Gasteiger partial charge >= 0.3 is 6.03 Å². The minimum atomic E-state index is -3.54. The molecule has 0 unspecified atom stereocenters. The molecule has 3 heterocycles. The SMILES string of the molecule is CCCS(=O)(=O)Nc1ccc2n(c1=O)C[C@H]1C[C@@H]2CN(C(=O)Nc2ccc(OC)cc2)C1. The second-order valence-electron chi connectivity index (χ2n) is 8.37. The average Bonchev–Trinajstić information content (AvgIpc) is 2.76. The first-order valence-corrected chi connectivity index (χ1v) is 12.4. The lowest BCUT2D eigenvalue weighted by atomic mass is 9.83. The Hall–Kier alpha value is -3.01. The molecule has 1 aromatic carbocycles. The van der Waals surface area contributed by atoms with Crippen molar-refractivity contribution in [3.63, 3.8) is 0 Å². The Bertz CT molecular complexity index is 1160. The summed E-state index contributed by atoms with van der Waals surface area (Å²) in [6, 6.07) is 10.3. The lowest BCUT2D eigenvalue weighted by molar-refractivity contribution is 0.139. The lowest BCUT2D eigenvalue weighted by Crippen LogP contribution is -2.50. The van der Waals surface area contributed by atoms with Crippen LogP contribution >= 0.6 is 0 Å². The molecule has 0 aliphatic carbocycles. The number of hydrogen-bond acceptors (Lipinski definition) is 5. The summed E-state index contributed by atoms with van der Waals surface area (Å²) in [5.74, 6) is 0.840. The zero-order valence-corrected chi connectivity index (χ0v) is 19.0. The van der Waals surface area contributed by atoms with Crippen molar-refractivity contribution in [3.05, 3.63) is 52.4 Å². The van der Waals surface area contributed by atoms with Crippen LogP contribution in [0.15, 0.2) is 41.2 Å². The normalized spacial score (nSPS) is 19.8. The number of piperidine rings is 1. The number of carbonyl (C=O) groups is 1. The van der Waals surface area contributed by atoms with Gasteiger partial charge in [-0.25, -0.2) is 13.2 Å².